The SMILES string of the molecule is CC(NC1CC1NC(=O)OC(C)(C)C)c1ccc(Br)o1. The van der Waals surface area contributed by atoms with E-state index in [4.69, 9.17) is 9.15 Å². The summed E-state index contributed by atoms with van der Waals surface area (Å²) in [6.07, 6.45) is 0.547. The lowest BCUT2D eigenvalue weighted by molar-refractivity contribution is 0.0522. The first-order chi connectivity index (χ1) is 9.24. The zero-order valence-electron chi connectivity index (χ0n) is 12.2. The van der Waals surface area contributed by atoms with Crippen LogP contribution in [0.3, 0.4) is 0 Å². The molecule has 0 radical (unpaired) electrons. The van der Waals surface area contributed by atoms with Crippen molar-refractivity contribution in [1.29, 1.82) is 0 Å². The molecule has 3 atom stereocenters. The lowest BCUT2D eigenvalue weighted by Gasteiger charge is -2.20. The molecule has 1 aromatic rings. The molecule has 0 bridgehead atoms. The molecular weight excluding hydrogens is 324 g/mol. The first kappa shape index (κ1) is 15.4. The van der Waals surface area contributed by atoms with Gasteiger partial charge in [0.25, 0.3) is 0 Å². The number of carbonyl (C=O) groups excluding carboxylic acids is 1. The van der Waals surface area contributed by atoms with Crippen LogP contribution in [0.15, 0.2) is 21.2 Å². The van der Waals surface area contributed by atoms with E-state index in [9.17, 15) is 4.79 Å². The van der Waals surface area contributed by atoms with Gasteiger partial charge in [0, 0.05) is 12.1 Å². The van der Waals surface area contributed by atoms with Crippen molar-refractivity contribution in [3.05, 3.63) is 22.6 Å². The Kier molecular flexibility index (Phi) is 4.44. The van der Waals surface area contributed by atoms with E-state index in [0.717, 1.165) is 16.9 Å². The molecule has 0 aromatic carbocycles. The van der Waals surface area contributed by atoms with Crippen LogP contribution in [0.25, 0.3) is 0 Å². The number of hydrogen-bond donors (Lipinski definition) is 2. The molecule has 1 aliphatic rings. The summed E-state index contributed by atoms with van der Waals surface area (Å²) in [4.78, 5) is 11.6. The normalized spacial score (nSPS) is 23.2. The van der Waals surface area contributed by atoms with E-state index in [0.29, 0.717) is 0 Å². The number of halogens is 1. The fourth-order valence-electron chi connectivity index (χ4n) is 1.96. The highest BCUT2D eigenvalue weighted by Crippen LogP contribution is 2.27. The van der Waals surface area contributed by atoms with Crippen LogP contribution in [0.2, 0.25) is 0 Å². The van der Waals surface area contributed by atoms with Gasteiger partial charge in [-0.25, -0.2) is 4.79 Å². The van der Waals surface area contributed by atoms with Gasteiger partial charge in [-0.05, 0) is 62.2 Å². The molecule has 112 valence electrons. The largest absolute Gasteiger partial charge is 0.453 e. The van der Waals surface area contributed by atoms with E-state index in [1.807, 2.05) is 39.8 Å². The molecule has 1 amide bonds. The van der Waals surface area contributed by atoms with E-state index in [2.05, 4.69) is 26.6 Å². The van der Waals surface area contributed by atoms with Crippen LogP contribution in [0.5, 0.6) is 0 Å². The first-order valence-corrected chi connectivity index (χ1v) is 7.55. The standard InChI is InChI=1S/C14H21BrN2O3/c1-8(11-5-6-12(15)19-11)16-9-7-10(9)17-13(18)20-14(2,3)4/h5-6,8-10,16H,7H2,1-4H3,(H,17,18). The van der Waals surface area contributed by atoms with Crippen LogP contribution in [-0.2, 0) is 4.74 Å². The van der Waals surface area contributed by atoms with Gasteiger partial charge in [0.15, 0.2) is 4.67 Å². The van der Waals surface area contributed by atoms with Gasteiger partial charge < -0.3 is 19.8 Å². The molecule has 0 saturated heterocycles. The number of alkyl carbamates (subject to hydrolysis) is 1. The molecular formula is C14H21BrN2O3. The minimum absolute atomic E-state index is 0.108. The van der Waals surface area contributed by atoms with E-state index in [1.54, 1.807) is 0 Å². The number of rotatable bonds is 4. The first-order valence-electron chi connectivity index (χ1n) is 6.75. The summed E-state index contributed by atoms with van der Waals surface area (Å²) in [5.41, 5.74) is -0.463. The summed E-state index contributed by atoms with van der Waals surface area (Å²) in [7, 11) is 0. The van der Waals surface area contributed by atoms with Crippen LogP contribution >= 0.6 is 15.9 Å². The summed E-state index contributed by atoms with van der Waals surface area (Å²) >= 11 is 3.29. The highest BCUT2D eigenvalue weighted by Gasteiger charge is 2.40. The topological polar surface area (TPSA) is 63.5 Å². The van der Waals surface area contributed by atoms with Crippen molar-refractivity contribution >= 4 is 22.0 Å². The predicted molar refractivity (Wildman–Crippen MR) is 79.5 cm³/mol. The van der Waals surface area contributed by atoms with Crippen LogP contribution < -0.4 is 10.6 Å². The summed E-state index contributed by atoms with van der Waals surface area (Å²) in [6, 6.07) is 4.31. The molecule has 1 aromatic heterocycles. The molecule has 6 heteroatoms. The zero-order chi connectivity index (χ0) is 14.9. The van der Waals surface area contributed by atoms with Crippen molar-refractivity contribution in [3.63, 3.8) is 0 Å². The molecule has 1 fully saturated rings. The third-order valence-corrected chi connectivity index (χ3v) is 3.40. The molecule has 5 nitrogen and oxygen atoms in total. The van der Waals surface area contributed by atoms with Crippen molar-refractivity contribution in [2.75, 3.05) is 0 Å². The van der Waals surface area contributed by atoms with Gasteiger partial charge in [0.05, 0.1) is 6.04 Å². The molecule has 2 N–H and O–H groups in total. The monoisotopic (exact) mass is 344 g/mol. The minimum atomic E-state index is -0.463. The van der Waals surface area contributed by atoms with E-state index < -0.39 is 5.60 Å². The summed E-state index contributed by atoms with van der Waals surface area (Å²) in [5.74, 6) is 0.875. The second-order valence-corrected chi connectivity index (χ2v) is 6.91. The van der Waals surface area contributed by atoms with Crippen LogP contribution in [0.4, 0.5) is 4.79 Å². The van der Waals surface area contributed by atoms with E-state index >= 15 is 0 Å². The Morgan fingerprint density at radius 2 is 2.15 bits per heavy atom. The summed E-state index contributed by atoms with van der Waals surface area (Å²) in [6.45, 7) is 7.60. The maximum absolute atomic E-state index is 11.6. The molecule has 3 unspecified atom stereocenters. The molecule has 1 saturated carbocycles. The number of ether oxygens (including phenoxy) is 1. The quantitative estimate of drug-likeness (QED) is 0.878. The molecule has 1 heterocycles. The van der Waals surface area contributed by atoms with Crippen molar-refractivity contribution in [2.24, 2.45) is 0 Å². The molecule has 20 heavy (non-hydrogen) atoms. The number of nitrogens with one attached hydrogen (secondary N) is 2. The van der Waals surface area contributed by atoms with Gasteiger partial charge >= 0.3 is 6.09 Å². The third kappa shape index (κ3) is 4.52. The minimum Gasteiger partial charge on any atom is -0.453 e. The van der Waals surface area contributed by atoms with Gasteiger partial charge in [-0.2, -0.15) is 0 Å². The maximum Gasteiger partial charge on any atom is 0.407 e. The van der Waals surface area contributed by atoms with Gasteiger partial charge in [-0.1, -0.05) is 0 Å². The van der Waals surface area contributed by atoms with Crippen LogP contribution in [0, 0.1) is 0 Å². The molecule has 1 aliphatic carbocycles. The molecule has 0 aliphatic heterocycles. The van der Waals surface area contributed by atoms with Crippen molar-refractivity contribution < 1.29 is 13.9 Å². The fraction of sp³-hybridized carbons (Fsp3) is 0.643. The average Bonchev–Trinajstić information content (AvgIpc) is 2.83. The Balaban J connectivity index is 1.74. The summed E-state index contributed by atoms with van der Waals surface area (Å²) in [5, 5.41) is 6.28. The molecule has 0 spiro atoms. The maximum atomic E-state index is 11.6. The average molecular weight is 345 g/mol. The zero-order valence-corrected chi connectivity index (χ0v) is 13.8. The number of carbonyl (C=O) groups is 1. The highest BCUT2D eigenvalue weighted by molar-refractivity contribution is 9.10. The van der Waals surface area contributed by atoms with E-state index in [1.165, 1.54) is 0 Å². The number of amides is 1. The van der Waals surface area contributed by atoms with Crippen LogP contribution in [0.1, 0.15) is 45.9 Å². The van der Waals surface area contributed by atoms with E-state index in [-0.39, 0.29) is 24.2 Å². The Hall–Kier alpha value is -1.01. The third-order valence-electron chi connectivity index (χ3n) is 2.98. The highest BCUT2D eigenvalue weighted by atomic mass is 79.9. The fourth-order valence-corrected chi connectivity index (χ4v) is 2.28. The lowest BCUT2D eigenvalue weighted by atomic mass is 10.2. The Morgan fingerprint density at radius 1 is 1.45 bits per heavy atom. The van der Waals surface area contributed by atoms with Gasteiger partial charge in [0.1, 0.15) is 11.4 Å². The molecule has 2 rings (SSSR count). The van der Waals surface area contributed by atoms with Crippen LogP contribution in [-0.4, -0.2) is 23.8 Å². The summed E-state index contributed by atoms with van der Waals surface area (Å²) < 4.78 is 11.4. The number of hydrogen-bond acceptors (Lipinski definition) is 4. The van der Waals surface area contributed by atoms with Crippen molar-refractivity contribution in [1.82, 2.24) is 10.6 Å². The van der Waals surface area contributed by atoms with Gasteiger partial charge in [-0.15, -0.1) is 0 Å². The Bertz CT molecular complexity index is 481. The second-order valence-electron chi connectivity index (χ2n) is 6.13. The lowest BCUT2D eigenvalue weighted by Crippen LogP contribution is -2.37. The van der Waals surface area contributed by atoms with Gasteiger partial charge in [0.2, 0.25) is 0 Å². The Morgan fingerprint density at radius 3 is 2.70 bits per heavy atom. The second kappa shape index (κ2) is 5.77. The Labute approximate surface area is 127 Å². The smallest absolute Gasteiger partial charge is 0.407 e. The number of furan rings is 1. The van der Waals surface area contributed by atoms with Gasteiger partial charge in [-0.3, -0.25) is 0 Å². The van der Waals surface area contributed by atoms with Crippen molar-refractivity contribution in [2.45, 2.75) is 57.8 Å². The van der Waals surface area contributed by atoms with Crippen molar-refractivity contribution in [3.8, 4) is 0 Å². The predicted octanol–water partition coefficient (Wildman–Crippen LogP) is 3.36.